The minimum absolute atomic E-state index is 0.141. The highest BCUT2D eigenvalue weighted by Crippen LogP contribution is 2.36. The van der Waals surface area contributed by atoms with Crippen molar-refractivity contribution in [2.75, 3.05) is 7.05 Å². The summed E-state index contributed by atoms with van der Waals surface area (Å²) in [6.07, 6.45) is 8.59. The van der Waals surface area contributed by atoms with E-state index in [4.69, 9.17) is 0 Å². The van der Waals surface area contributed by atoms with Crippen LogP contribution in [0.3, 0.4) is 0 Å². The lowest BCUT2D eigenvalue weighted by molar-refractivity contribution is 0.417. The van der Waals surface area contributed by atoms with E-state index >= 15 is 0 Å². The molecule has 0 radical (unpaired) electrons. The van der Waals surface area contributed by atoms with Crippen molar-refractivity contribution in [3.05, 3.63) is 65.8 Å². The lowest BCUT2D eigenvalue weighted by atomic mass is 9.77. The number of nitriles is 1. The van der Waals surface area contributed by atoms with E-state index in [0.29, 0.717) is 11.8 Å². The molecule has 3 atom stereocenters. The molecule has 1 aromatic carbocycles. The third kappa shape index (κ3) is 6.07. The van der Waals surface area contributed by atoms with Crippen molar-refractivity contribution in [1.82, 2.24) is 0 Å². The summed E-state index contributed by atoms with van der Waals surface area (Å²) in [5.41, 5.74) is 5.91. The number of allylic oxidation sites excluding steroid dienone is 3. The Balaban J connectivity index is 3.29. The van der Waals surface area contributed by atoms with Crippen LogP contribution in [0, 0.1) is 30.1 Å². The zero-order chi connectivity index (χ0) is 20.4. The van der Waals surface area contributed by atoms with E-state index in [0.717, 1.165) is 36.1 Å². The van der Waals surface area contributed by atoms with E-state index in [-0.39, 0.29) is 5.92 Å². The standard InChI is InChI=1S/C25H34N2/c1-8-12-18(4)24(23-14-11-13-22(9-2)20(23)6)16-21(17-26)15-19(5)25(10-3)27-7/h8-9,11,13-15,18,21,24H,1-2,10,12,16H2,3-7H3/b19-15?,27-25+/t18?,21?,24-/m1/s1. The monoisotopic (exact) mass is 362 g/mol. The molecule has 0 aliphatic carbocycles. The quantitative estimate of drug-likeness (QED) is 0.330. The first-order valence-electron chi connectivity index (χ1n) is 9.80. The smallest absolute Gasteiger partial charge is 0.0697 e. The first kappa shape index (κ1) is 22.6. The lowest BCUT2D eigenvalue weighted by Crippen LogP contribution is -2.15. The number of hydrogen-bond acceptors (Lipinski definition) is 2. The molecule has 0 heterocycles. The molecule has 0 aromatic heterocycles. The van der Waals surface area contributed by atoms with Crippen molar-refractivity contribution in [3.63, 3.8) is 0 Å². The summed E-state index contributed by atoms with van der Waals surface area (Å²) >= 11 is 0. The summed E-state index contributed by atoms with van der Waals surface area (Å²) < 4.78 is 0. The fraction of sp³-hybridized carbons (Fsp3) is 0.440. The van der Waals surface area contributed by atoms with Crippen LogP contribution in [0.15, 0.2) is 54.1 Å². The highest BCUT2D eigenvalue weighted by Gasteiger charge is 2.24. The molecule has 1 aromatic rings. The fourth-order valence-corrected chi connectivity index (χ4v) is 3.83. The molecule has 0 amide bonds. The summed E-state index contributed by atoms with van der Waals surface area (Å²) in [7, 11) is 1.82. The zero-order valence-corrected chi connectivity index (χ0v) is 17.6. The van der Waals surface area contributed by atoms with Gasteiger partial charge in [-0.1, -0.05) is 56.9 Å². The summed E-state index contributed by atoms with van der Waals surface area (Å²) in [5.74, 6) is 0.564. The van der Waals surface area contributed by atoms with Crippen molar-refractivity contribution >= 4 is 11.8 Å². The zero-order valence-electron chi connectivity index (χ0n) is 17.6. The molecule has 0 saturated heterocycles. The third-order valence-corrected chi connectivity index (χ3v) is 5.45. The first-order valence-corrected chi connectivity index (χ1v) is 9.80. The number of aliphatic imine (C=N–C) groups is 1. The second kappa shape index (κ2) is 11.3. The van der Waals surface area contributed by atoms with E-state index in [1.807, 2.05) is 19.2 Å². The Hall–Kier alpha value is -2.40. The van der Waals surface area contributed by atoms with Gasteiger partial charge in [0.05, 0.1) is 12.0 Å². The van der Waals surface area contributed by atoms with Gasteiger partial charge in [-0.15, -0.1) is 6.58 Å². The molecule has 0 saturated carbocycles. The van der Waals surface area contributed by atoms with Crippen LogP contribution in [0.4, 0.5) is 0 Å². The number of rotatable bonds is 10. The molecule has 1 rings (SSSR count). The molecule has 0 bridgehead atoms. The van der Waals surface area contributed by atoms with E-state index in [1.165, 1.54) is 11.1 Å². The molecule has 0 N–H and O–H groups in total. The van der Waals surface area contributed by atoms with Crippen LogP contribution in [0.5, 0.6) is 0 Å². The molecule has 2 heteroatoms. The van der Waals surface area contributed by atoms with Crippen molar-refractivity contribution in [2.45, 2.75) is 52.9 Å². The Labute approximate surface area is 166 Å². The number of benzene rings is 1. The summed E-state index contributed by atoms with van der Waals surface area (Å²) in [4.78, 5) is 4.35. The minimum Gasteiger partial charge on any atom is -0.293 e. The Bertz CT molecular complexity index is 746. The molecule has 2 nitrogen and oxygen atoms in total. The predicted octanol–water partition coefficient (Wildman–Crippen LogP) is 6.89. The first-order chi connectivity index (χ1) is 12.9. The van der Waals surface area contributed by atoms with Crippen LogP contribution in [0.2, 0.25) is 0 Å². The third-order valence-electron chi connectivity index (χ3n) is 5.45. The maximum absolute atomic E-state index is 9.81. The Morgan fingerprint density at radius 2 is 2.04 bits per heavy atom. The van der Waals surface area contributed by atoms with Crippen LogP contribution in [-0.2, 0) is 0 Å². The van der Waals surface area contributed by atoms with Crippen LogP contribution in [0.1, 0.15) is 62.6 Å². The van der Waals surface area contributed by atoms with Gasteiger partial charge in [-0.05, 0) is 67.2 Å². The molecule has 0 spiro atoms. The summed E-state index contributed by atoms with van der Waals surface area (Å²) in [6.45, 7) is 16.4. The molecule has 0 aliphatic rings. The number of nitrogens with zero attached hydrogens (tertiary/aromatic N) is 2. The van der Waals surface area contributed by atoms with Gasteiger partial charge in [0.25, 0.3) is 0 Å². The average molecular weight is 363 g/mol. The van der Waals surface area contributed by atoms with Gasteiger partial charge >= 0.3 is 0 Å². The number of hydrogen-bond donors (Lipinski definition) is 0. The van der Waals surface area contributed by atoms with Crippen molar-refractivity contribution in [3.8, 4) is 6.07 Å². The van der Waals surface area contributed by atoms with Crippen molar-refractivity contribution < 1.29 is 0 Å². The summed E-state index contributed by atoms with van der Waals surface area (Å²) in [5, 5.41) is 9.81. The highest BCUT2D eigenvalue weighted by atomic mass is 14.7. The Morgan fingerprint density at radius 1 is 1.33 bits per heavy atom. The van der Waals surface area contributed by atoms with Crippen molar-refractivity contribution in [1.29, 1.82) is 5.26 Å². The Kier molecular flexibility index (Phi) is 9.51. The van der Waals surface area contributed by atoms with Crippen LogP contribution < -0.4 is 0 Å². The van der Waals surface area contributed by atoms with E-state index in [1.54, 1.807) is 0 Å². The van der Waals surface area contributed by atoms with Gasteiger partial charge in [-0.25, -0.2) is 0 Å². The Morgan fingerprint density at radius 3 is 2.56 bits per heavy atom. The van der Waals surface area contributed by atoms with Gasteiger partial charge in [0, 0.05) is 12.8 Å². The SMILES string of the molecule is C=CCC(C)[C@@H](CC(C#N)C=C(C)/C(CC)=N/C)c1cccc(C=C)c1C. The van der Waals surface area contributed by atoms with Crippen LogP contribution in [0.25, 0.3) is 6.08 Å². The fourth-order valence-electron chi connectivity index (χ4n) is 3.83. The highest BCUT2D eigenvalue weighted by molar-refractivity contribution is 5.99. The molecule has 27 heavy (non-hydrogen) atoms. The second-order valence-corrected chi connectivity index (χ2v) is 7.22. The van der Waals surface area contributed by atoms with E-state index in [9.17, 15) is 5.26 Å². The molecule has 144 valence electrons. The predicted molar refractivity (Wildman–Crippen MR) is 119 cm³/mol. The normalized spacial score (nSPS) is 15.6. The van der Waals surface area contributed by atoms with Crippen LogP contribution in [-0.4, -0.2) is 12.8 Å². The second-order valence-electron chi connectivity index (χ2n) is 7.22. The van der Waals surface area contributed by atoms with Gasteiger partial charge in [0.15, 0.2) is 0 Å². The molecular weight excluding hydrogens is 328 g/mol. The molecular formula is C25H34N2. The summed E-state index contributed by atoms with van der Waals surface area (Å²) in [6, 6.07) is 8.89. The topological polar surface area (TPSA) is 36.1 Å². The van der Waals surface area contributed by atoms with Crippen molar-refractivity contribution in [2.24, 2.45) is 16.8 Å². The molecule has 0 fully saturated rings. The minimum atomic E-state index is -0.141. The van der Waals surface area contributed by atoms with Crippen LogP contribution >= 0.6 is 0 Å². The maximum atomic E-state index is 9.81. The molecule has 2 unspecified atom stereocenters. The maximum Gasteiger partial charge on any atom is 0.0697 e. The largest absolute Gasteiger partial charge is 0.293 e. The van der Waals surface area contributed by atoms with Gasteiger partial charge in [-0.3, -0.25) is 4.99 Å². The van der Waals surface area contributed by atoms with Gasteiger partial charge < -0.3 is 0 Å². The van der Waals surface area contributed by atoms with E-state index in [2.05, 4.69) is 76.2 Å². The van der Waals surface area contributed by atoms with E-state index < -0.39 is 0 Å². The molecule has 0 aliphatic heterocycles. The van der Waals surface area contributed by atoms with Gasteiger partial charge in [0.1, 0.15) is 0 Å². The lowest BCUT2D eigenvalue weighted by Gasteiger charge is -2.27. The average Bonchev–Trinajstić information content (AvgIpc) is 2.66. The van der Waals surface area contributed by atoms with Gasteiger partial charge in [-0.2, -0.15) is 5.26 Å². The van der Waals surface area contributed by atoms with Gasteiger partial charge in [0.2, 0.25) is 0 Å².